The highest BCUT2D eigenvalue weighted by Crippen LogP contribution is 2.17. The number of rotatable bonds is 7. The summed E-state index contributed by atoms with van der Waals surface area (Å²) in [7, 11) is 0. The van der Waals surface area contributed by atoms with E-state index in [0.29, 0.717) is 24.7 Å². The Balaban J connectivity index is 2.24. The van der Waals surface area contributed by atoms with Crippen molar-refractivity contribution in [2.75, 3.05) is 6.61 Å². The topological polar surface area (TPSA) is 52.6 Å². The van der Waals surface area contributed by atoms with Crippen LogP contribution < -0.4 is 4.74 Å². The number of para-hydroxylation sites is 1. The first-order chi connectivity index (χ1) is 9.49. The number of hydrogen-bond donors (Lipinski definition) is 0. The number of hydrogen-bond acceptors (Lipinski definition) is 4. The Hall–Kier alpha value is -1.84. The van der Waals surface area contributed by atoms with Gasteiger partial charge in [-0.05, 0) is 30.9 Å². The SMILES string of the molecule is Cc1ccccc1OC(=O)CCCC(=O)OCC(C)C. The molecule has 1 rings (SSSR count). The fourth-order valence-corrected chi connectivity index (χ4v) is 1.55. The Morgan fingerprint density at radius 2 is 1.75 bits per heavy atom. The largest absolute Gasteiger partial charge is 0.465 e. The van der Waals surface area contributed by atoms with Crippen molar-refractivity contribution in [3.05, 3.63) is 29.8 Å². The molecule has 0 bridgehead atoms. The maximum absolute atomic E-state index is 11.6. The minimum absolute atomic E-state index is 0.213. The lowest BCUT2D eigenvalue weighted by Gasteiger charge is -2.08. The van der Waals surface area contributed by atoms with Gasteiger partial charge in [-0.15, -0.1) is 0 Å². The molecule has 0 aromatic heterocycles. The van der Waals surface area contributed by atoms with Crippen molar-refractivity contribution in [3.63, 3.8) is 0 Å². The zero-order chi connectivity index (χ0) is 15.0. The first-order valence-electron chi connectivity index (χ1n) is 6.91. The van der Waals surface area contributed by atoms with Gasteiger partial charge in [0.05, 0.1) is 6.61 Å². The second kappa shape index (κ2) is 8.35. The zero-order valence-electron chi connectivity index (χ0n) is 12.3. The molecule has 20 heavy (non-hydrogen) atoms. The molecule has 1 aromatic carbocycles. The maximum Gasteiger partial charge on any atom is 0.311 e. The first kappa shape index (κ1) is 16.2. The summed E-state index contributed by atoms with van der Waals surface area (Å²) in [6, 6.07) is 7.34. The van der Waals surface area contributed by atoms with E-state index >= 15 is 0 Å². The van der Waals surface area contributed by atoms with E-state index in [4.69, 9.17) is 9.47 Å². The van der Waals surface area contributed by atoms with Gasteiger partial charge in [-0.3, -0.25) is 9.59 Å². The average molecular weight is 278 g/mol. The monoisotopic (exact) mass is 278 g/mol. The van der Waals surface area contributed by atoms with E-state index in [-0.39, 0.29) is 24.8 Å². The van der Waals surface area contributed by atoms with E-state index in [2.05, 4.69) is 0 Å². The van der Waals surface area contributed by atoms with E-state index in [1.165, 1.54) is 0 Å². The third-order valence-corrected chi connectivity index (χ3v) is 2.66. The lowest BCUT2D eigenvalue weighted by atomic mass is 10.2. The van der Waals surface area contributed by atoms with Crippen LogP contribution in [-0.2, 0) is 14.3 Å². The van der Waals surface area contributed by atoms with Crippen molar-refractivity contribution in [1.82, 2.24) is 0 Å². The molecular formula is C16H22O4. The van der Waals surface area contributed by atoms with Crippen LogP contribution in [0.25, 0.3) is 0 Å². The number of ether oxygens (including phenoxy) is 2. The van der Waals surface area contributed by atoms with Gasteiger partial charge in [0.15, 0.2) is 0 Å². The van der Waals surface area contributed by atoms with Crippen molar-refractivity contribution in [2.24, 2.45) is 5.92 Å². The minimum Gasteiger partial charge on any atom is -0.465 e. The van der Waals surface area contributed by atoms with Gasteiger partial charge < -0.3 is 9.47 Å². The number of benzene rings is 1. The Bertz CT molecular complexity index is 452. The second-order valence-electron chi connectivity index (χ2n) is 5.17. The van der Waals surface area contributed by atoms with Crippen LogP contribution in [0.5, 0.6) is 5.75 Å². The predicted octanol–water partition coefficient (Wildman–Crippen LogP) is 3.27. The molecule has 0 amide bonds. The molecule has 0 aliphatic heterocycles. The van der Waals surface area contributed by atoms with Gasteiger partial charge in [-0.2, -0.15) is 0 Å². The highest BCUT2D eigenvalue weighted by molar-refractivity contribution is 5.74. The molecule has 0 N–H and O–H groups in total. The molecule has 1 aromatic rings. The van der Waals surface area contributed by atoms with Gasteiger partial charge >= 0.3 is 11.9 Å². The molecule has 0 heterocycles. The van der Waals surface area contributed by atoms with E-state index in [9.17, 15) is 9.59 Å². The van der Waals surface area contributed by atoms with E-state index < -0.39 is 0 Å². The van der Waals surface area contributed by atoms with Crippen LogP contribution in [-0.4, -0.2) is 18.5 Å². The summed E-state index contributed by atoms with van der Waals surface area (Å²) in [4.78, 5) is 23.0. The minimum atomic E-state index is -0.323. The Kier molecular flexibility index (Phi) is 6.77. The van der Waals surface area contributed by atoms with Crippen LogP contribution >= 0.6 is 0 Å². The molecule has 4 heteroatoms. The summed E-state index contributed by atoms with van der Waals surface area (Å²) < 4.78 is 10.3. The molecule has 0 unspecified atom stereocenters. The van der Waals surface area contributed by atoms with Gasteiger partial charge in [0, 0.05) is 12.8 Å². The summed E-state index contributed by atoms with van der Waals surface area (Å²) in [6.45, 7) is 6.26. The van der Waals surface area contributed by atoms with Gasteiger partial charge in [0.1, 0.15) is 5.75 Å². The Labute approximate surface area is 120 Å². The molecular weight excluding hydrogens is 256 g/mol. The van der Waals surface area contributed by atoms with Crippen LogP contribution in [0.3, 0.4) is 0 Å². The van der Waals surface area contributed by atoms with Crippen molar-refractivity contribution in [2.45, 2.75) is 40.0 Å². The molecule has 0 atom stereocenters. The van der Waals surface area contributed by atoms with Crippen molar-refractivity contribution >= 4 is 11.9 Å². The number of carbonyl (C=O) groups excluding carboxylic acids is 2. The molecule has 0 radical (unpaired) electrons. The number of aryl methyl sites for hydroxylation is 1. The summed E-state index contributed by atoms with van der Waals surface area (Å²) in [5.74, 6) is 0.309. The molecule has 0 saturated carbocycles. The third kappa shape index (κ3) is 6.36. The Morgan fingerprint density at radius 1 is 1.10 bits per heavy atom. The third-order valence-electron chi connectivity index (χ3n) is 2.66. The van der Waals surface area contributed by atoms with E-state index in [0.717, 1.165) is 5.56 Å². The van der Waals surface area contributed by atoms with Crippen LogP contribution in [0, 0.1) is 12.8 Å². The van der Waals surface area contributed by atoms with Gasteiger partial charge in [0.2, 0.25) is 0 Å². The highest BCUT2D eigenvalue weighted by atomic mass is 16.5. The average Bonchev–Trinajstić information content (AvgIpc) is 2.39. The fraction of sp³-hybridized carbons (Fsp3) is 0.500. The normalized spacial score (nSPS) is 10.4. The summed E-state index contributed by atoms with van der Waals surface area (Å²) >= 11 is 0. The molecule has 0 saturated heterocycles. The summed E-state index contributed by atoms with van der Waals surface area (Å²) in [5.41, 5.74) is 0.914. The smallest absolute Gasteiger partial charge is 0.311 e. The molecule has 0 fully saturated rings. The number of esters is 2. The summed E-state index contributed by atoms with van der Waals surface area (Å²) in [6.07, 6.45) is 0.905. The standard InChI is InChI=1S/C16H22O4/c1-12(2)11-19-15(17)9-6-10-16(18)20-14-8-5-4-7-13(14)3/h4-5,7-8,12H,6,9-11H2,1-3H3. The first-order valence-corrected chi connectivity index (χ1v) is 6.91. The molecule has 0 aliphatic carbocycles. The molecule has 110 valence electrons. The van der Waals surface area contributed by atoms with Crippen molar-refractivity contribution in [3.8, 4) is 5.75 Å². The van der Waals surface area contributed by atoms with E-state index in [1.54, 1.807) is 6.07 Å². The van der Waals surface area contributed by atoms with Crippen LogP contribution in [0.4, 0.5) is 0 Å². The van der Waals surface area contributed by atoms with Crippen molar-refractivity contribution < 1.29 is 19.1 Å². The van der Waals surface area contributed by atoms with Crippen LogP contribution in [0.2, 0.25) is 0 Å². The van der Waals surface area contributed by atoms with Crippen LogP contribution in [0.1, 0.15) is 38.7 Å². The predicted molar refractivity (Wildman–Crippen MR) is 76.5 cm³/mol. The second-order valence-corrected chi connectivity index (χ2v) is 5.17. The van der Waals surface area contributed by atoms with Crippen LogP contribution in [0.15, 0.2) is 24.3 Å². The van der Waals surface area contributed by atoms with Gasteiger partial charge in [-0.25, -0.2) is 0 Å². The quantitative estimate of drug-likeness (QED) is 0.567. The number of carbonyl (C=O) groups is 2. The highest BCUT2D eigenvalue weighted by Gasteiger charge is 2.09. The molecule has 0 spiro atoms. The maximum atomic E-state index is 11.6. The van der Waals surface area contributed by atoms with Gasteiger partial charge in [-0.1, -0.05) is 32.0 Å². The zero-order valence-corrected chi connectivity index (χ0v) is 12.3. The lowest BCUT2D eigenvalue weighted by Crippen LogP contribution is -2.12. The van der Waals surface area contributed by atoms with Crippen molar-refractivity contribution in [1.29, 1.82) is 0 Å². The Morgan fingerprint density at radius 3 is 2.40 bits per heavy atom. The molecule has 4 nitrogen and oxygen atoms in total. The summed E-state index contributed by atoms with van der Waals surface area (Å²) in [5, 5.41) is 0. The van der Waals surface area contributed by atoms with Gasteiger partial charge in [0.25, 0.3) is 0 Å². The van der Waals surface area contributed by atoms with E-state index in [1.807, 2.05) is 39.0 Å². The lowest BCUT2D eigenvalue weighted by molar-refractivity contribution is -0.145. The molecule has 0 aliphatic rings. The fourth-order valence-electron chi connectivity index (χ4n) is 1.55.